The minimum Gasteiger partial charge on any atom is -0.507 e. The number of amides is 2. The van der Waals surface area contributed by atoms with E-state index in [1.165, 1.54) is 16.3 Å². The van der Waals surface area contributed by atoms with Crippen molar-refractivity contribution >= 4 is 17.6 Å². The second-order valence-corrected chi connectivity index (χ2v) is 8.99. The SMILES string of the molecule is CCc1ccc(C(=O)Nc2ccc(O)c(-c3cc(C4CCC4)n(C(=O)NC(C)CC)n3)c2)cc1. The Bertz CT molecular complexity index is 1180. The number of rotatable bonds is 7. The van der Waals surface area contributed by atoms with Gasteiger partial charge in [0.15, 0.2) is 0 Å². The summed E-state index contributed by atoms with van der Waals surface area (Å²) in [6, 6.07) is 14.0. The number of carbonyl (C=O) groups excluding carboxylic acids is 2. The van der Waals surface area contributed by atoms with Gasteiger partial charge in [0.1, 0.15) is 5.75 Å². The molecule has 1 aromatic heterocycles. The summed E-state index contributed by atoms with van der Waals surface area (Å²) < 4.78 is 1.44. The van der Waals surface area contributed by atoms with Gasteiger partial charge in [-0.2, -0.15) is 9.78 Å². The smallest absolute Gasteiger partial charge is 0.342 e. The summed E-state index contributed by atoms with van der Waals surface area (Å²) in [5.74, 6) is 0.0883. The molecule has 2 aromatic carbocycles. The Morgan fingerprint density at radius 3 is 2.47 bits per heavy atom. The lowest BCUT2D eigenvalue weighted by molar-refractivity contribution is 0.102. The van der Waals surface area contributed by atoms with Crippen molar-refractivity contribution in [1.82, 2.24) is 15.1 Å². The molecule has 34 heavy (non-hydrogen) atoms. The maximum atomic E-state index is 12.9. The first-order valence-electron chi connectivity index (χ1n) is 12.0. The third-order valence-corrected chi connectivity index (χ3v) is 6.59. The van der Waals surface area contributed by atoms with Crippen LogP contribution in [0.1, 0.15) is 74.0 Å². The summed E-state index contributed by atoms with van der Waals surface area (Å²) >= 11 is 0. The van der Waals surface area contributed by atoms with Gasteiger partial charge >= 0.3 is 6.03 Å². The summed E-state index contributed by atoms with van der Waals surface area (Å²) in [5.41, 5.74) is 4.09. The van der Waals surface area contributed by atoms with Crippen molar-refractivity contribution in [2.45, 2.75) is 64.8 Å². The fourth-order valence-corrected chi connectivity index (χ4v) is 3.97. The van der Waals surface area contributed by atoms with E-state index in [-0.39, 0.29) is 29.6 Å². The number of carbonyl (C=O) groups is 2. The molecular formula is C27H32N4O3. The van der Waals surface area contributed by atoms with Crippen LogP contribution in [-0.2, 0) is 6.42 Å². The molecule has 1 atom stereocenters. The molecule has 1 fully saturated rings. The largest absolute Gasteiger partial charge is 0.507 e. The fraction of sp³-hybridized carbons (Fsp3) is 0.370. The van der Waals surface area contributed by atoms with Crippen molar-refractivity contribution < 1.29 is 14.7 Å². The monoisotopic (exact) mass is 460 g/mol. The number of hydrogen-bond acceptors (Lipinski definition) is 4. The van der Waals surface area contributed by atoms with Crippen molar-refractivity contribution in [1.29, 1.82) is 0 Å². The summed E-state index contributed by atoms with van der Waals surface area (Å²) in [6.07, 6.45) is 4.89. The number of phenolic OH excluding ortho intramolecular Hbond substituents is 1. The molecule has 7 nitrogen and oxygen atoms in total. The molecule has 4 rings (SSSR count). The molecule has 1 aliphatic carbocycles. The molecule has 1 saturated carbocycles. The molecule has 7 heteroatoms. The first-order valence-corrected chi connectivity index (χ1v) is 12.0. The second kappa shape index (κ2) is 10.1. The molecule has 3 N–H and O–H groups in total. The van der Waals surface area contributed by atoms with E-state index in [0.717, 1.165) is 37.8 Å². The normalized spacial score (nSPS) is 14.3. The molecular weight excluding hydrogens is 428 g/mol. The summed E-state index contributed by atoms with van der Waals surface area (Å²) in [5, 5.41) is 21.0. The molecule has 3 aromatic rings. The molecule has 178 valence electrons. The highest BCUT2D eigenvalue weighted by molar-refractivity contribution is 6.04. The molecule has 1 unspecified atom stereocenters. The zero-order valence-electron chi connectivity index (χ0n) is 20.0. The fourth-order valence-electron chi connectivity index (χ4n) is 3.97. The van der Waals surface area contributed by atoms with Crippen molar-refractivity contribution in [2.75, 3.05) is 5.32 Å². The number of nitrogens with one attached hydrogen (secondary N) is 2. The Balaban J connectivity index is 1.61. The van der Waals surface area contributed by atoms with Crippen molar-refractivity contribution in [3.8, 4) is 17.0 Å². The molecule has 1 aliphatic rings. The average molecular weight is 461 g/mol. The van der Waals surface area contributed by atoms with Crippen LogP contribution in [0.2, 0.25) is 0 Å². The van der Waals surface area contributed by atoms with Gasteiger partial charge in [-0.25, -0.2) is 4.79 Å². The van der Waals surface area contributed by atoms with Gasteiger partial charge in [-0.15, -0.1) is 0 Å². The van der Waals surface area contributed by atoms with Crippen LogP contribution in [0.3, 0.4) is 0 Å². The number of nitrogens with zero attached hydrogens (tertiary/aromatic N) is 2. The average Bonchev–Trinajstić information content (AvgIpc) is 3.23. The summed E-state index contributed by atoms with van der Waals surface area (Å²) in [7, 11) is 0. The van der Waals surface area contributed by atoms with E-state index in [1.54, 1.807) is 24.3 Å². The third-order valence-electron chi connectivity index (χ3n) is 6.59. The van der Waals surface area contributed by atoms with Gasteiger partial charge in [0.05, 0.1) is 11.4 Å². The molecule has 0 bridgehead atoms. The van der Waals surface area contributed by atoms with Gasteiger partial charge in [-0.3, -0.25) is 4.79 Å². The zero-order valence-corrected chi connectivity index (χ0v) is 20.0. The lowest BCUT2D eigenvalue weighted by Crippen LogP contribution is -2.37. The van der Waals surface area contributed by atoms with Crippen LogP contribution in [0.15, 0.2) is 48.5 Å². The first kappa shape index (κ1) is 23.5. The van der Waals surface area contributed by atoms with Gasteiger partial charge < -0.3 is 15.7 Å². The lowest BCUT2D eigenvalue weighted by atomic mass is 9.82. The van der Waals surface area contributed by atoms with Gasteiger partial charge in [0.25, 0.3) is 5.91 Å². The number of hydrogen-bond donors (Lipinski definition) is 3. The van der Waals surface area contributed by atoms with Crippen molar-refractivity contribution in [2.24, 2.45) is 0 Å². The molecule has 1 heterocycles. The number of aryl methyl sites for hydroxylation is 1. The maximum Gasteiger partial charge on any atom is 0.342 e. The highest BCUT2D eigenvalue weighted by Crippen LogP contribution is 2.39. The van der Waals surface area contributed by atoms with Crippen molar-refractivity contribution in [3.63, 3.8) is 0 Å². The quantitative estimate of drug-likeness (QED) is 0.394. The Hall–Kier alpha value is -3.61. The van der Waals surface area contributed by atoms with E-state index in [9.17, 15) is 14.7 Å². The van der Waals surface area contributed by atoms with E-state index in [1.807, 2.05) is 32.0 Å². The van der Waals surface area contributed by atoms with Crippen LogP contribution >= 0.6 is 0 Å². The highest BCUT2D eigenvalue weighted by Gasteiger charge is 2.28. The Labute approximate surface area is 200 Å². The minimum absolute atomic E-state index is 0.0349. The van der Waals surface area contributed by atoms with E-state index in [0.29, 0.717) is 22.5 Å². The van der Waals surface area contributed by atoms with Crippen LogP contribution in [0.25, 0.3) is 11.3 Å². The van der Waals surface area contributed by atoms with Crippen LogP contribution < -0.4 is 10.6 Å². The number of phenols is 1. The van der Waals surface area contributed by atoms with Gasteiger partial charge in [0.2, 0.25) is 0 Å². The van der Waals surface area contributed by atoms with Gasteiger partial charge in [-0.1, -0.05) is 32.4 Å². The van der Waals surface area contributed by atoms with E-state index < -0.39 is 0 Å². The van der Waals surface area contributed by atoms with E-state index in [2.05, 4.69) is 22.7 Å². The molecule has 0 radical (unpaired) electrons. The van der Waals surface area contributed by atoms with Crippen LogP contribution in [-0.4, -0.2) is 32.9 Å². The Morgan fingerprint density at radius 1 is 1.12 bits per heavy atom. The first-order chi connectivity index (χ1) is 16.4. The second-order valence-electron chi connectivity index (χ2n) is 8.99. The number of aromatic hydroxyl groups is 1. The Kier molecular flexibility index (Phi) is 7.01. The molecule has 0 saturated heterocycles. The zero-order chi connectivity index (χ0) is 24.2. The van der Waals surface area contributed by atoms with Crippen LogP contribution in [0.4, 0.5) is 10.5 Å². The minimum atomic E-state index is -0.262. The van der Waals surface area contributed by atoms with E-state index >= 15 is 0 Å². The van der Waals surface area contributed by atoms with Crippen LogP contribution in [0, 0.1) is 0 Å². The third kappa shape index (κ3) is 4.98. The van der Waals surface area contributed by atoms with Crippen LogP contribution in [0.5, 0.6) is 5.75 Å². The Morgan fingerprint density at radius 2 is 1.85 bits per heavy atom. The highest BCUT2D eigenvalue weighted by atomic mass is 16.3. The van der Waals surface area contributed by atoms with Gasteiger partial charge in [-0.05, 0) is 74.6 Å². The van der Waals surface area contributed by atoms with E-state index in [4.69, 9.17) is 0 Å². The predicted molar refractivity (Wildman–Crippen MR) is 133 cm³/mol. The van der Waals surface area contributed by atoms with Crippen molar-refractivity contribution in [3.05, 3.63) is 65.4 Å². The number of benzene rings is 2. The lowest BCUT2D eigenvalue weighted by Gasteiger charge is -2.25. The van der Waals surface area contributed by atoms with Gasteiger partial charge in [0, 0.05) is 28.8 Å². The maximum absolute atomic E-state index is 12.9. The standard InChI is InChI=1S/C27H32N4O3/c1-4-17(3)28-27(34)31-24(19-7-6-8-19)16-23(30-31)22-15-21(13-14-25(22)32)29-26(33)20-11-9-18(5-2)10-12-20/h9-17,19,32H,4-8H2,1-3H3,(H,28,34)(H,29,33). The molecule has 0 aliphatic heterocycles. The molecule has 0 spiro atoms. The predicted octanol–water partition coefficient (Wildman–Crippen LogP) is 5.69. The number of anilines is 1. The topological polar surface area (TPSA) is 96.2 Å². The number of aromatic nitrogens is 2. The summed E-state index contributed by atoms with van der Waals surface area (Å²) in [4.78, 5) is 25.6. The summed E-state index contributed by atoms with van der Waals surface area (Å²) in [6.45, 7) is 6.04. The molecule has 2 amide bonds.